The summed E-state index contributed by atoms with van der Waals surface area (Å²) in [4.78, 5) is 4.02. The quantitative estimate of drug-likeness (QED) is 0.401. The summed E-state index contributed by atoms with van der Waals surface area (Å²) in [5, 5.41) is 4.86. The van der Waals surface area contributed by atoms with Gasteiger partial charge in [0.2, 0.25) is 5.79 Å². The van der Waals surface area contributed by atoms with Crippen LogP contribution in [0.1, 0.15) is 5.56 Å². The second kappa shape index (κ2) is 9.12. The molecule has 0 N–H and O–H groups in total. The van der Waals surface area contributed by atoms with Gasteiger partial charge in [-0.25, -0.2) is 9.67 Å². The molecule has 6 nitrogen and oxygen atoms in total. The topological polar surface area (TPSA) is 58.4 Å². The molecule has 1 aromatic heterocycles. The highest BCUT2D eigenvalue weighted by Crippen LogP contribution is 2.36. The van der Waals surface area contributed by atoms with Crippen LogP contribution in [0.2, 0.25) is 5.02 Å². The van der Waals surface area contributed by atoms with Crippen molar-refractivity contribution >= 4 is 11.6 Å². The minimum atomic E-state index is -0.983. The van der Waals surface area contributed by atoms with Gasteiger partial charge in [-0.3, -0.25) is 0 Å². The highest BCUT2D eigenvalue weighted by molar-refractivity contribution is 6.30. The Morgan fingerprint density at radius 2 is 1.72 bits per heavy atom. The van der Waals surface area contributed by atoms with Gasteiger partial charge in [-0.1, -0.05) is 66.2 Å². The van der Waals surface area contributed by atoms with Gasteiger partial charge in [-0.15, -0.1) is 0 Å². The van der Waals surface area contributed by atoms with Crippen LogP contribution in [0, 0.1) is 0 Å². The number of halogens is 1. The lowest BCUT2D eigenvalue weighted by Crippen LogP contribution is -2.34. The number of rotatable bonds is 7. The second-order valence-electron chi connectivity index (χ2n) is 7.61. The number of hydrogen-bond acceptors (Lipinski definition) is 5. The number of hydrogen-bond donors (Lipinski definition) is 0. The van der Waals surface area contributed by atoms with Crippen molar-refractivity contribution in [2.45, 2.75) is 18.4 Å². The van der Waals surface area contributed by atoms with Crippen LogP contribution >= 0.6 is 11.6 Å². The fraction of sp³-hybridized carbons (Fsp3) is 0.200. The van der Waals surface area contributed by atoms with Gasteiger partial charge in [0.05, 0.1) is 6.61 Å². The van der Waals surface area contributed by atoms with Crippen molar-refractivity contribution in [3.8, 4) is 16.9 Å². The van der Waals surface area contributed by atoms with E-state index in [2.05, 4.69) is 34.3 Å². The van der Waals surface area contributed by atoms with Crippen LogP contribution in [-0.4, -0.2) is 34.1 Å². The first-order valence-electron chi connectivity index (χ1n) is 10.4. The lowest BCUT2D eigenvalue weighted by atomic mass is 10.1. The van der Waals surface area contributed by atoms with E-state index in [1.54, 1.807) is 11.0 Å². The smallest absolute Gasteiger partial charge is 0.215 e. The van der Waals surface area contributed by atoms with Crippen molar-refractivity contribution in [1.82, 2.24) is 14.8 Å². The number of benzene rings is 3. The molecule has 0 amide bonds. The van der Waals surface area contributed by atoms with Crippen molar-refractivity contribution < 1.29 is 14.2 Å². The van der Waals surface area contributed by atoms with Gasteiger partial charge in [0, 0.05) is 10.6 Å². The summed E-state index contributed by atoms with van der Waals surface area (Å²) in [6.07, 6.45) is 2.90. The average Bonchev–Trinajstić information content (AvgIpc) is 3.50. The first kappa shape index (κ1) is 20.7. The lowest BCUT2D eigenvalue weighted by Gasteiger charge is -2.28. The molecule has 0 bridgehead atoms. The Balaban J connectivity index is 1.27. The van der Waals surface area contributed by atoms with E-state index in [4.69, 9.17) is 25.8 Å². The molecule has 1 saturated heterocycles. The third-order valence-corrected chi connectivity index (χ3v) is 5.63. The molecule has 32 heavy (non-hydrogen) atoms. The Labute approximate surface area is 191 Å². The predicted octanol–water partition coefficient (Wildman–Crippen LogP) is 4.95. The average molecular weight is 448 g/mol. The van der Waals surface area contributed by atoms with Gasteiger partial charge in [0.1, 0.15) is 37.7 Å². The molecule has 5 rings (SSSR count). The molecule has 162 valence electrons. The Morgan fingerprint density at radius 3 is 2.44 bits per heavy atom. The molecule has 1 fully saturated rings. The largest absolute Gasteiger partial charge is 0.491 e. The Bertz CT molecular complexity index is 1140. The van der Waals surface area contributed by atoms with E-state index in [0.717, 1.165) is 16.9 Å². The van der Waals surface area contributed by atoms with Gasteiger partial charge < -0.3 is 14.2 Å². The molecular formula is C25H22ClN3O3. The first-order valence-corrected chi connectivity index (χ1v) is 10.8. The normalized spacial score (nSPS) is 20.3. The molecule has 0 radical (unpaired) electrons. The molecule has 2 atom stereocenters. The summed E-state index contributed by atoms with van der Waals surface area (Å²) in [7, 11) is 0. The maximum absolute atomic E-state index is 6.38. The predicted molar refractivity (Wildman–Crippen MR) is 121 cm³/mol. The van der Waals surface area contributed by atoms with E-state index in [1.165, 1.54) is 11.9 Å². The van der Waals surface area contributed by atoms with E-state index in [1.807, 2.05) is 54.6 Å². The number of ether oxygens (including phenoxy) is 3. The summed E-state index contributed by atoms with van der Waals surface area (Å²) in [6.45, 7) is 1.15. The minimum Gasteiger partial charge on any atom is -0.491 e. The van der Waals surface area contributed by atoms with Crippen LogP contribution < -0.4 is 4.74 Å². The van der Waals surface area contributed by atoms with Crippen molar-refractivity contribution in [3.63, 3.8) is 0 Å². The van der Waals surface area contributed by atoms with Crippen molar-refractivity contribution in [3.05, 3.63) is 102 Å². The fourth-order valence-electron chi connectivity index (χ4n) is 3.77. The van der Waals surface area contributed by atoms with Crippen LogP contribution in [-0.2, 0) is 21.8 Å². The summed E-state index contributed by atoms with van der Waals surface area (Å²) in [5.41, 5.74) is 3.19. The van der Waals surface area contributed by atoms with Crippen LogP contribution in [0.25, 0.3) is 11.1 Å². The highest BCUT2D eigenvalue weighted by Gasteiger charge is 2.44. The summed E-state index contributed by atoms with van der Waals surface area (Å²) in [6, 6.07) is 25.8. The van der Waals surface area contributed by atoms with Gasteiger partial charge >= 0.3 is 0 Å². The maximum atomic E-state index is 6.38. The van der Waals surface area contributed by atoms with E-state index in [-0.39, 0.29) is 6.10 Å². The summed E-state index contributed by atoms with van der Waals surface area (Å²) < 4.78 is 20.3. The summed E-state index contributed by atoms with van der Waals surface area (Å²) in [5.74, 6) is -0.197. The molecule has 4 aromatic rings. The second-order valence-corrected chi connectivity index (χ2v) is 8.04. The van der Waals surface area contributed by atoms with Crippen molar-refractivity contribution in [1.29, 1.82) is 0 Å². The number of aromatic nitrogens is 3. The highest BCUT2D eigenvalue weighted by atomic mass is 35.5. The Kier molecular flexibility index (Phi) is 5.90. The molecule has 2 heterocycles. The van der Waals surface area contributed by atoms with Crippen LogP contribution in [0.5, 0.6) is 5.75 Å². The molecular weight excluding hydrogens is 426 g/mol. The van der Waals surface area contributed by atoms with E-state index >= 15 is 0 Å². The Hall–Kier alpha value is -3.19. The number of nitrogens with zero attached hydrogens (tertiary/aromatic N) is 3. The molecule has 1 aliphatic rings. The van der Waals surface area contributed by atoms with Crippen molar-refractivity contribution in [2.24, 2.45) is 0 Å². The van der Waals surface area contributed by atoms with Crippen LogP contribution in [0.15, 0.2) is 91.5 Å². The summed E-state index contributed by atoms with van der Waals surface area (Å²) >= 11 is 6.07. The van der Waals surface area contributed by atoms with Gasteiger partial charge in [-0.05, 0) is 35.4 Å². The van der Waals surface area contributed by atoms with E-state index in [0.29, 0.717) is 24.8 Å². The minimum absolute atomic E-state index is 0.233. The van der Waals surface area contributed by atoms with Gasteiger partial charge in [0.25, 0.3) is 0 Å². The molecule has 0 aliphatic carbocycles. The lowest BCUT2D eigenvalue weighted by molar-refractivity contribution is -0.190. The molecule has 1 aliphatic heterocycles. The van der Waals surface area contributed by atoms with Gasteiger partial charge in [-0.2, -0.15) is 5.10 Å². The van der Waals surface area contributed by atoms with E-state index in [9.17, 15) is 0 Å². The Morgan fingerprint density at radius 1 is 0.969 bits per heavy atom. The third kappa shape index (κ3) is 4.53. The molecule has 3 aromatic carbocycles. The molecule has 0 spiro atoms. The van der Waals surface area contributed by atoms with Crippen LogP contribution in [0.3, 0.4) is 0 Å². The maximum Gasteiger partial charge on any atom is 0.215 e. The first-order chi connectivity index (χ1) is 15.7. The third-order valence-electron chi connectivity index (χ3n) is 5.38. The van der Waals surface area contributed by atoms with E-state index < -0.39 is 5.79 Å². The van der Waals surface area contributed by atoms with Gasteiger partial charge in [0.15, 0.2) is 0 Å². The van der Waals surface area contributed by atoms with Crippen LogP contribution in [0.4, 0.5) is 0 Å². The zero-order valence-electron chi connectivity index (χ0n) is 17.3. The molecule has 2 unspecified atom stereocenters. The molecule has 0 saturated carbocycles. The standard InChI is InChI=1S/C25H22ClN3O3/c26-22-10-8-21(9-11-22)25(16-29-18-27-17-28-29)31-15-24(32-25)14-30-23-12-6-20(7-13-23)19-4-2-1-3-5-19/h1-13,17-18,24H,14-16H2. The zero-order valence-corrected chi connectivity index (χ0v) is 18.1. The molecule has 7 heteroatoms. The van der Waals surface area contributed by atoms with Crippen molar-refractivity contribution in [2.75, 3.05) is 13.2 Å². The fourth-order valence-corrected chi connectivity index (χ4v) is 3.89. The SMILES string of the molecule is Clc1ccc(C2(Cn3cncn3)OCC(COc3ccc(-c4ccccc4)cc3)O2)cc1. The monoisotopic (exact) mass is 447 g/mol. The zero-order chi connectivity index (χ0) is 21.8.